The molecule has 1 radical (unpaired) electrons. The standard InChI is InChI=1S/C18H11S/c1-2-7-13(8-3-1)14-10-6-12-17-18(14)15-9-4-5-11-16(15)19-17/h1-2,4-12H. The van der Waals surface area contributed by atoms with Crippen LogP contribution in [0.3, 0.4) is 0 Å². The Hall–Kier alpha value is -2.12. The summed E-state index contributed by atoms with van der Waals surface area (Å²) in [6, 6.07) is 26.5. The van der Waals surface area contributed by atoms with Crippen molar-refractivity contribution in [1.82, 2.24) is 0 Å². The highest BCUT2D eigenvalue weighted by molar-refractivity contribution is 7.25. The molecule has 0 spiro atoms. The van der Waals surface area contributed by atoms with Crippen molar-refractivity contribution in [2.24, 2.45) is 0 Å². The first-order valence-corrected chi connectivity index (χ1v) is 7.12. The fourth-order valence-electron chi connectivity index (χ4n) is 2.58. The van der Waals surface area contributed by atoms with Gasteiger partial charge in [0.15, 0.2) is 0 Å². The van der Waals surface area contributed by atoms with Gasteiger partial charge >= 0.3 is 0 Å². The molecule has 0 aliphatic heterocycles. The van der Waals surface area contributed by atoms with E-state index in [2.05, 4.69) is 60.7 Å². The third-order valence-corrected chi connectivity index (χ3v) is 4.56. The molecule has 0 N–H and O–H groups in total. The van der Waals surface area contributed by atoms with Crippen molar-refractivity contribution >= 4 is 31.5 Å². The van der Waals surface area contributed by atoms with E-state index in [-0.39, 0.29) is 0 Å². The lowest BCUT2D eigenvalue weighted by Gasteiger charge is -2.04. The minimum atomic E-state index is 1.23. The van der Waals surface area contributed by atoms with Crippen LogP contribution in [0.5, 0.6) is 0 Å². The second-order valence-corrected chi connectivity index (χ2v) is 5.65. The van der Waals surface area contributed by atoms with Crippen LogP contribution in [0.25, 0.3) is 31.3 Å². The SMILES string of the molecule is [c]1cccc(-c2cccc3sc4ccccc4c23)c1. The Morgan fingerprint density at radius 2 is 1.68 bits per heavy atom. The predicted molar refractivity (Wildman–Crippen MR) is 83.6 cm³/mol. The largest absolute Gasteiger partial charge is 0.135 e. The minimum Gasteiger partial charge on any atom is -0.135 e. The summed E-state index contributed by atoms with van der Waals surface area (Å²) < 4.78 is 2.70. The van der Waals surface area contributed by atoms with Crippen LogP contribution >= 0.6 is 11.3 Å². The summed E-state index contributed by atoms with van der Waals surface area (Å²) in [6.45, 7) is 0. The monoisotopic (exact) mass is 259 g/mol. The maximum Gasteiger partial charge on any atom is 0.0361 e. The Morgan fingerprint density at radius 3 is 2.58 bits per heavy atom. The molecule has 89 valence electrons. The van der Waals surface area contributed by atoms with Gasteiger partial charge in [0, 0.05) is 20.2 Å². The summed E-state index contributed by atoms with van der Waals surface area (Å²) in [5.74, 6) is 0. The van der Waals surface area contributed by atoms with Crippen molar-refractivity contribution in [2.75, 3.05) is 0 Å². The van der Waals surface area contributed by atoms with Gasteiger partial charge in [0.2, 0.25) is 0 Å². The third kappa shape index (κ3) is 1.66. The van der Waals surface area contributed by atoms with Crippen LogP contribution in [-0.2, 0) is 0 Å². The molecular weight excluding hydrogens is 248 g/mol. The molecule has 0 nitrogen and oxygen atoms in total. The van der Waals surface area contributed by atoms with Crippen molar-refractivity contribution in [3.63, 3.8) is 0 Å². The van der Waals surface area contributed by atoms with Gasteiger partial charge in [-0.2, -0.15) is 0 Å². The highest BCUT2D eigenvalue weighted by atomic mass is 32.1. The van der Waals surface area contributed by atoms with E-state index >= 15 is 0 Å². The van der Waals surface area contributed by atoms with E-state index in [9.17, 15) is 0 Å². The summed E-state index contributed by atoms with van der Waals surface area (Å²) >= 11 is 1.86. The summed E-state index contributed by atoms with van der Waals surface area (Å²) in [6.07, 6.45) is 0. The molecule has 1 aromatic heterocycles. The molecule has 0 aliphatic rings. The Bertz CT molecular complexity index is 857. The molecular formula is C18H11S. The molecule has 4 aromatic rings. The molecule has 0 fully saturated rings. The first-order chi connectivity index (χ1) is 9.43. The van der Waals surface area contributed by atoms with Crippen molar-refractivity contribution in [3.8, 4) is 11.1 Å². The third-order valence-electron chi connectivity index (χ3n) is 3.42. The molecule has 0 atom stereocenters. The molecule has 19 heavy (non-hydrogen) atoms. The topological polar surface area (TPSA) is 0 Å². The van der Waals surface area contributed by atoms with Crippen LogP contribution in [0, 0.1) is 6.07 Å². The van der Waals surface area contributed by atoms with E-state index in [4.69, 9.17) is 0 Å². The van der Waals surface area contributed by atoms with Gasteiger partial charge in [-0.05, 0) is 35.4 Å². The van der Waals surface area contributed by atoms with Crippen LogP contribution in [-0.4, -0.2) is 0 Å². The lowest BCUT2D eigenvalue weighted by Crippen LogP contribution is -1.78. The van der Waals surface area contributed by atoms with E-state index in [1.807, 2.05) is 23.5 Å². The molecule has 1 heterocycles. The van der Waals surface area contributed by atoms with Gasteiger partial charge in [0.25, 0.3) is 0 Å². The number of fused-ring (bicyclic) bond motifs is 3. The highest BCUT2D eigenvalue weighted by Crippen LogP contribution is 2.39. The van der Waals surface area contributed by atoms with Crippen LogP contribution in [0.4, 0.5) is 0 Å². The molecule has 0 aliphatic carbocycles. The average Bonchev–Trinajstić information content (AvgIpc) is 2.86. The van der Waals surface area contributed by atoms with Gasteiger partial charge in [0.1, 0.15) is 0 Å². The molecule has 1 heteroatoms. The zero-order valence-electron chi connectivity index (χ0n) is 10.3. The van der Waals surface area contributed by atoms with E-state index in [0.717, 1.165) is 0 Å². The highest BCUT2D eigenvalue weighted by Gasteiger charge is 2.09. The fraction of sp³-hybridized carbons (Fsp3) is 0. The van der Waals surface area contributed by atoms with Gasteiger partial charge in [-0.25, -0.2) is 0 Å². The zero-order chi connectivity index (χ0) is 12.7. The summed E-state index contributed by atoms with van der Waals surface area (Å²) in [4.78, 5) is 0. The minimum absolute atomic E-state index is 1.23. The summed E-state index contributed by atoms with van der Waals surface area (Å²) in [5, 5.41) is 2.71. The first kappa shape index (κ1) is 10.8. The summed E-state index contributed by atoms with van der Waals surface area (Å²) in [5.41, 5.74) is 2.53. The molecule has 4 rings (SSSR count). The Balaban J connectivity index is 2.17. The number of hydrogen-bond donors (Lipinski definition) is 0. The van der Waals surface area contributed by atoms with Crippen molar-refractivity contribution in [2.45, 2.75) is 0 Å². The lowest BCUT2D eigenvalue weighted by molar-refractivity contribution is 1.66. The second-order valence-electron chi connectivity index (χ2n) is 4.57. The van der Waals surface area contributed by atoms with E-state index in [1.54, 1.807) is 0 Å². The van der Waals surface area contributed by atoms with Crippen molar-refractivity contribution < 1.29 is 0 Å². The molecule has 0 amide bonds. The maximum atomic E-state index is 3.17. The van der Waals surface area contributed by atoms with Crippen LogP contribution < -0.4 is 0 Å². The van der Waals surface area contributed by atoms with E-state index in [0.29, 0.717) is 0 Å². The van der Waals surface area contributed by atoms with Gasteiger partial charge in [-0.1, -0.05) is 48.5 Å². The quantitative estimate of drug-likeness (QED) is 0.422. The normalized spacial score (nSPS) is 11.2. The van der Waals surface area contributed by atoms with E-state index < -0.39 is 0 Å². The maximum absolute atomic E-state index is 3.17. The van der Waals surface area contributed by atoms with Crippen LogP contribution in [0.15, 0.2) is 66.7 Å². The van der Waals surface area contributed by atoms with Gasteiger partial charge in [-0.3, -0.25) is 0 Å². The molecule has 0 bridgehead atoms. The zero-order valence-corrected chi connectivity index (χ0v) is 11.1. The van der Waals surface area contributed by atoms with Crippen LogP contribution in [0.2, 0.25) is 0 Å². The Morgan fingerprint density at radius 1 is 0.789 bits per heavy atom. The smallest absolute Gasteiger partial charge is 0.0361 e. The number of hydrogen-bond acceptors (Lipinski definition) is 1. The number of benzene rings is 3. The van der Waals surface area contributed by atoms with Gasteiger partial charge < -0.3 is 0 Å². The average molecular weight is 259 g/mol. The van der Waals surface area contributed by atoms with E-state index in [1.165, 1.54) is 31.3 Å². The molecule has 0 unspecified atom stereocenters. The molecule has 3 aromatic carbocycles. The fourth-order valence-corrected chi connectivity index (χ4v) is 3.71. The van der Waals surface area contributed by atoms with Gasteiger partial charge in [0.05, 0.1) is 0 Å². The van der Waals surface area contributed by atoms with Gasteiger partial charge in [-0.15, -0.1) is 11.3 Å². The molecule has 0 saturated heterocycles. The Kier molecular flexibility index (Phi) is 2.39. The van der Waals surface area contributed by atoms with Crippen molar-refractivity contribution in [3.05, 3.63) is 72.8 Å². The van der Waals surface area contributed by atoms with Crippen molar-refractivity contribution in [1.29, 1.82) is 0 Å². The number of rotatable bonds is 1. The molecule has 0 saturated carbocycles. The van der Waals surface area contributed by atoms with Crippen LogP contribution in [0.1, 0.15) is 0 Å². The second kappa shape index (κ2) is 4.22. The predicted octanol–water partition coefficient (Wildman–Crippen LogP) is 5.52. The lowest BCUT2D eigenvalue weighted by atomic mass is 10.00. The first-order valence-electron chi connectivity index (χ1n) is 6.30. The summed E-state index contributed by atoms with van der Waals surface area (Å²) in [7, 11) is 0. The Labute approximate surface area is 115 Å². The number of thiophene rings is 1.